The van der Waals surface area contributed by atoms with Gasteiger partial charge in [-0.05, 0) is 35.5 Å². The van der Waals surface area contributed by atoms with Crippen molar-refractivity contribution in [3.8, 4) is 6.07 Å². The molecule has 112 valence electrons. The first-order valence-electron chi connectivity index (χ1n) is 6.05. The summed E-state index contributed by atoms with van der Waals surface area (Å²) >= 11 is -0.208. The van der Waals surface area contributed by atoms with Crippen LogP contribution >= 0.6 is 11.8 Å². The smallest absolute Gasteiger partial charge is 0.293 e. The summed E-state index contributed by atoms with van der Waals surface area (Å²) in [5.74, 6) is -0.307. The van der Waals surface area contributed by atoms with Gasteiger partial charge in [0.05, 0.1) is 5.57 Å². The summed E-state index contributed by atoms with van der Waals surface area (Å²) in [4.78, 5) is 12.1. The quantitative estimate of drug-likeness (QED) is 0.456. The Morgan fingerprint density at radius 2 is 1.71 bits per heavy atom. The largest absolute Gasteiger partial charge is 0.446 e. The Kier molecular flexibility index (Phi) is 5.24. The Hall–Kier alpha value is -1.74. The lowest BCUT2D eigenvalue weighted by Gasteiger charge is -2.15. The van der Waals surface area contributed by atoms with Crippen LogP contribution in [-0.4, -0.2) is 11.3 Å². The van der Waals surface area contributed by atoms with Crippen LogP contribution in [0.2, 0.25) is 0 Å². The van der Waals surface area contributed by atoms with Crippen LogP contribution in [0, 0.1) is 16.7 Å². The maximum Gasteiger partial charge on any atom is 0.446 e. The molecule has 0 amide bonds. The number of carbonyl (C=O) groups excluding carboxylic acids is 1. The third-order valence-corrected chi connectivity index (χ3v) is 3.21. The monoisotopic (exact) mass is 313 g/mol. The maximum atomic E-state index is 12.2. The van der Waals surface area contributed by atoms with E-state index in [0.717, 1.165) is 0 Å². The lowest BCUT2D eigenvalue weighted by molar-refractivity contribution is -0.121. The third-order valence-electron chi connectivity index (χ3n) is 2.47. The summed E-state index contributed by atoms with van der Waals surface area (Å²) in [6.45, 7) is 5.09. The van der Waals surface area contributed by atoms with Crippen molar-refractivity contribution in [2.75, 3.05) is 0 Å². The fourth-order valence-electron chi connectivity index (χ4n) is 1.48. The molecule has 0 unspecified atom stereocenters. The van der Waals surface area contributed by atoms with Crippen LogP contribution < -0.4 is 0 Å². The number of benzene rings is 1. The summed E-state index contributed by atoms with van der Waals surface area (Å²) in [5, 5.41) is 9.04. The molecule has 2 nitrogen and oxygen atoms in total. The lowest BCUT2D eigenvalue weighted by atomic mass is 9.86. The second kappa shape index (κ2) is 6.35. The Balaban J connectivity index is 2.99. The van der Waals surface area contributed by atoms with Gasteiger partial charge >= 0.3 is 5.51 Å². The number of rotatable bonds is 3. The molecule has 0 aromatic heterocycles. The van der Waals surface area contributed by atoms with Gasteiger partial charge in [-0.15, -0.1) is 0 Å². The summed E-state index contributed by atoms with van der Waals surface area (Å²) < 4.78 is 36.6. The predicted molar refractivity (Wildman–Crippen MR) is 76.4 cm³/mol. The van der Waals surface area contributed by atoms with Crippen molar-refractivity contribution < 1.29 is 18.0 Å². The number of halogens is 3. The van der Waals surface area contributed by atoms with Gasteiger partial charge in [0.25, 0.3) is 0 Å². The molecule has 0 fully saturated rings. The first-order chi connectivity index (χ1) is 9.53. The Bertz CT molecular complexity index is 589. The fraction of sp³-hybridized carbons (Fsp3) is 0.333. The van der Waals surface area contributed by atoms with Crippen molar-refractivity contribution in [2.45, 2.75) is 31.2 Å². The molecule has 0 saturated carbocycles. The molecule has 0 N–H and O–H groups in total. The highest BCUT2D eigenvalue weighted by Crippen LogP contribution is 2.36. The average Bonchev–Trinajstić information content (AvgIpc) is 2.34. The van der Waals surface area contributed by atoms with Crippen LogP contribution in [0.3, 0.4) is 0 Å². The second-order valence-electron chi connectivity index (χ2n) is 5.37. The highest BCUT2D eigenvalue weighted by Gasteiger charge is 2.29. The van der Waals surface area contributed by atoms with Crippen molar-refractivity contribution in [3.63, 3.8) is 0 Å². The van der Waals surface area contributed by atoms with E-state index in [9.17, 15) is 18.0 Å². The average molecular weight is 313 g/mol. The van der Waals surface area contributed by atoms with Gasteiger partial charge in [-0.2, -0.15) is 18.4 Å². The molecule has 0 spiro atoms. The van der Waals surface area contributed by atoms with Gasteiger partial charge in [-0.1, -0.05) is 32.9 Å². The number of hydrogen-bond donors (Lipinski definition) is 0. The van der Waals surface area contributed by atoms with Crippen LogP contribution in [0.5, 0.6) is 0 Å². The van der Waals surface area contributed by atoms with E-state index >= 15 is 0 Å². The summed E-state index contributed by atoms with van der Waals surface area (Å²) in [6.07, 6.45) is 1.38. The lowest BCUT2D eigenvalue weighted by Crippen LogP contribution is -2.21. The van der Waals surface area contributed by atoms with Crippen molar-refractivity contribution >= 4 is 23.6 Å². The molecule has 0 radical (unpaired) electrons. The van der Waals surface area contributed by atoms with E-state index in [-0.39, 0.29) is 28.0 Å². The number of carbonyl (C=O) groups is 1. The number of hydrogen-bond acceptors (Lipinski definition) is 3. The minimum atomic E-state index is -4.34. The Morgan fingerprint density at radius 1 is 1.19 bits per heavy atom. The molecule has 1 aromatic carbocycles. The molecule has 6 heteroatoms. The summed E-state index contributed by atoms with van der Waals surface area (Å²) in [7, 11) is 0. The SMILES string of the molecule is CC(C)(C)C(=O)/C(C#N)=C/c1ccc(SC(F)(F)F)cc1. The van der Waals surface area contributed by atoms with Crippen LogP contribution in [-0.2, 0) is 4.79 Å². The van der Waals surface area contributed by atoms with E-state index < -0.39 is 10.9 Å². The second-order valence-corrected chi connectivity index (χ2v) is 6.50. The van der Waals surface area contributed by atoms with E-state index in [0.29, 0.717) is 5.56 Å². The number of ketones is 1. The van der Waals surface area contributed by atoms with Gasteiger partial charge in [0.15, 0.2) is 5.78 Å². The van der Waals surface area contributed by atoms with Gasteiger partial charge in [0.1, 0.15) is 6.07 Å². The molecule has 21 heavy (non-hydrogen) atoms. The van der Waals surface area contributed by atoms with Crippen molar-refractivity contribution in [1.29, 1.82) is 5.26 Å². The van der Waals surface area contributed by atoms with E-state index in [1.165, 1.54) is 30.3 Å². The number of nitrogens with zero attached hydrogens (tertiary/aromatic N) is 1. The molecule has 1 rings (SSSR count). The Labute approximate surface area is 125 Å². The molecular weight excluding hydrogens is 299 g/mol. The zero-order valence-corrected chi connectivity index (χ0v) is 12.6. The standard InChI is InChI=1S/C15H14F3NOS/c1-14(2,3)13(20)11(9-19)8-10-4-6-12(7-5-10)21-15(16,17)18/h4-8H,1-3H3/b11-8+. The molecule has 1 aromatic rings. The van der Waals surface area contributed by atoms with E-state index in [2.05, 4.69) is 0 Å². The van der Waals surface area contributed by atoms with Gasteiger partial charge < -0.3 is 0 Å². The highest BCUT2D eigenvalue weighted by atomic mass is 32.2. The van der Waals surface area contributed by atoms with Crippen molar-refractivity contribution in [2.24, 2.45) is 5.41 Å². The van der Waals surface area contributed by atoms with Crippen molar-refractivity contribution in [3.05, 3.63) is 35.4 Å². The molecule has 0 atom stereocenters. The van der Waals surface area contributed by atoms with E-state index in [1.54, 1.807) is 20.8 Å². The van der Waals surface area contributed by atoms with E-state index in [1.807, 2.05) is 6.07 Å². The predicted octanol–water partition coefficient (Wildman–Crippen LogP) is 4.82. The molecular formula is C15H14F3NOS. The summed E-state index contributed by atoms with van der Waals surface area (Å²) in [5.41, 5.74) is -4.53. The van der Waals surface area contributed by atoms with E-state index in [4.69, 9.17) is 5.26 Å². The molecule has 0 aliphatic carbocycles. The van der Waals surface area contributed by atoms with Gasteiger partial charge in [0.2, 0.25) is 0 Å². The normalized spacial score (nSPS) is 12.9. The minimum absolute atomic E-state index is 0.0151. The zero-order valence-electron chi connectivity index (χ0n) is 11.8. The van der Waals surface area contributed by atoms with Crippen LogP contribution in [0.1, 0.15) is 26.3 Å². The highest BCUT2D eigenvalue weighted by molar-refractivity contribution is 8.00. The topological polar surface area (TPSA) is 40.9 Å². The number of Topliss-reactive ketones (excluding diaryl/α,β-unsaturated/α-hetero) is 1. The first-order valence-corrected chi connectivity index (χ1v) is 6.87. The first kappa shape index (κ1) is 17.3. The zero-order chi connectivity index (χ0) is 16.3. The van der Waals surface area contributed by atoms with Crippen LogP contribution in [0.25, 0.3) is 6.08 Å². The maximum absolute atomic E-state index is 12.2. The van der Waals surface area contributed by atoms with Crippen LogP contribution in [0.4, 0.5) is 13.2 Å². The summed E-state index contributed by atoms with van der Waals surface area (Å²) in [6, 6.07) is 7.34. The number of allylic oxidation sites excluding steroid dienone is 1. The van der Waals surface area contributed by atoms with Gasteiger partial charge in [-0.25, -0.2) is 0 Å². The number of alkyl halides is 3. The molecule has 0 saturated heterocycles. The van der Waals surface area contributed by atoms with Crippen LogP contribution in [0.15, 0.2) is 34.7 Å². The molecule has 0 bridgehead atoms. The van der Waals surface area contributed by atoms with Gasteiger partial charge in [0, 0.05) is 10.3 Å². The number of thioether (sulfide) groups is 1. The third kappa shape index (κ3) is 5.64. The molecule has 0 aliphatic heterocycles. The van der Waals surface area contributed by atoms with Crippen molar-refractivity contribution in [1.82, 2.24) is 0 Å². The number of nitriles is 1. The Morgan fingerprint density at radius 3 is 2.10 bits per heavy atom. The minimum Gasteiger partial charge on any atom is -0.293 e. The molecule has 0 aliphatic rings. The fourth-order valence-corrected chi connectivity index (χ4v) is 2.02. The van der Waals surface area contributed by atoms with Gasteiger partial charge in [-0.3, -0.25) is 4.79 Å². The molecule has 0 heterocycles.